The highest BCUT2D eigenvalue weighted by atomic mass is 15.3. The Labute approximate surface area is 118 Å². The number of aryl methyl sites for hydroxylation is 3. The van der Waals surface area contributed by atoms with Gasteiger partial charge in [0.2, 0.25) is 0 Å². The van der Waals surface area contributed by atoms with Crippen LogP contribution in [-0.2, 0) is 6.54 Å². The first-order chi connectivity index (χ1) is 9.17. The highest BCUT2D eigenvalue weighted by Gasteiger charge is 2.05. The summed E-state index contributed by atoms with van der Waals surface area (Å²) in [6.07, 6.45) is 6.51. The molecule has 0 fully saturated rings. The van der Waals surface area contributed by atoms with E-state index in [2.05, 4.69) is 48.9 Å². The van der Waals surface area contributed by atoms with Gasteiger partial charge in [0.15, 0.2) is 0 Å². The van der Waals surface area contributed by atoms with Gasteiger partial charge in [0.1, 0.15) is 0 Å². The van der Waals surface area contributed by atoms with Gasteiger partial charge in [-0.1, -0.05) is 33.1 Å². The van der Waals surface area contributed by atoms with Crippen LogP contribution >= 0.6 is 0 Å². The van der Waals surface area contributed by atoms with E-state index in [1.807, 2.05) is 0 Å². The maximum atomic E-state index is 4.49. The second-order valence-corrected chi connectivity index (χ2v) is 5.62. The molecule has 3 heteroatoms. The van der Waals surface area contributed by atoms with Crippen molar-refractivity contribution < 1.29 is 0 Å². The van der Waals surface area contributed by atoms with Crippen LogP contribution in [-0.4, -0.2) is 22.9 Å². The molecule has 0 amide bonds. The predicted octanol–water partition coefficient (Wildman–Crippen LogP) is 3.70. The van der Waals surface area contributed by atoms with Gasteiger partial charge >= 0.3 is 0 Å². The molecule has 1 unspecified atom stereocenters. The Kier molecular flexibility index (Phi) is 7.80. The van der Waals surface area contributed by atoms with Crippen molar-refractivity contribution >= 4 is 0 Å². The molecule has 0 saturated heterocycles. The summed E-state index contributed by atoms with van der Waals surface area (Å²) >= 11 is 0. The number of hydrogen-bond donors (Lipinski definition) is 1. The topological polar surface area (TPSA) is 29.9 Å². The maximum Gasteiger partial charge on any atom is 0.0596 e. The van der Waals surface area contributed by atoms with Gasteiger partial charge in [0.25, 0.3) is 0 Å². The van der Waals surface area contributed by atoms with Crippen molar-refractivity contribution in [1.29, 1.82) is 0 Å². The van der Waals surface area contributed by atoms with Crippen LogP contribution in [0.1, 0.15) is 57.3 Å². The van der Waals surface area contributed by atoms with Crippen molar-refractivity contribution in [1.82, 2.24) is 15.1 Å². The Morgan fingerprint density at radius 2 is 2.05 bits per heavy atom. The molecule has 19 heavy (non-hydrogen) atoms. The Morgan fingerprint density at radius 3 is 2.63 bits per heavy atom. The van der Waals surface area contributed by atoms with Crippen molar-refractivity contribution in [3.8, 4) is 0 Å². The van der Waals surface area contributed by atoms with Crippen molar-refractivity contribution in [2.45, 2.75) is 66.3 Å². The van der Waals surface area contributed by atoms with Gasteiger partial charge in [-0.2, -0.15) is 5.10 Å². The summed E-state index contributed by atoms with van der Waals surface area (Å²) in [5, 5.41) is 8.09. The normalized spacial score (nSPS) is 12.8. The first-order valence-electron chi connectivity index (χ1n) is 7.89. The summed E-state index contributed by atoms with van der Waals surface area (Å²) in [5.74, 6) is 0.855. The van der Waals surface area contributed by atoms with Crippen LogP contribution in [0.25, 0.3) is 0 Å². The van der Waals surface area contributed by atoms with E-state index in [1.54, 1.807) is 0 Å². The van der Waals surface area contributed by atoms with Crippen molar-refractivity contribution in [2.75, 3.05) is 13.1 Å². The molecule has 3 nitrogen and oxygen atoms in total. The Bertz CT molecular complexity index is 344. The smallest absolute Gasteiger partial charge is 0.0596 e. The number of aromatic nitrogens is 2. The average molecular weight is 265 g/mol. The van der Waals surface area contributed by atoms with Crippen LogP contribution in [0, 0.1) is 19.8 Å². The molecule has 0 aromatic carbocycles. The van der Waals surface area contributed by atoms with Gasteiger partial charge in [0.05, 0.1) is 5.69 Å². The van der Waals surface area contributed by atoms with E-state index in [0.717, 1.165) is 31.1 Å². The molecule has 1 heterocycles. The van der Waals surface area contributed by atoms with Crippen molar-refractivity contribution in [3.05, 3.63) is 17.5 Å². The molecule has 110 valence electrons. The van der Waals surface area contributed by atoms with Gasteiger partial charge in [-0.05, 0) is 51.8 Å². The second-order valence-electron chi connectivity index (χ2n) is 5.62. The Hall–Kier alpha value is -0.830. The minimum Gasteiger partial charge on any atom is -0.316 e. The van der Waals surface area contributed by atoms with Gasteiger partial charge < -0.3 is 5.32 Å². The van der Waals surface area contributed by atoms with Crippen molar-refractivity contribution in [2.24, 2.45) is 5.92 Å². The van der Waals surface area contributed by atoms with Gasteiger partial charge in [-0.15, -0.1) is 0 Å². The first-order valence-corrected chi connectivity index (χ1v) is 7.89. The van der Waals surface area contributed by atoms with Crippen LogP contribution in [0.15, 0.2) is 6.07 Å². The Morgan fingerprint density at radius 1 is 1.26 bits per heavy atom. The molecule has 1 aromatic heterocycles. The van der Waals surface area contributed by atoms with E-state index >= 15 is 0 Å². The highest BCUT2D eigenvalue weighted by molar-refractivity contribution is 5.06. The quantitative estimate of drug-likeness (QED) is 0.654. The Balaban J connectivity index is 2.11. The van der Waals surface area contributed by atoms with Crippen LogP contribution in [0.5, 0.6) is 0 Å². The molecule has 0 aliphatic carbocycles. The molecule has 0 aliphatic heterocycles. The summed E-state index contributed by atoms with van der Waals surface area (Å²) in [4.78, 5) is 0. The monoisotopic (exact) mass is 265 g/mol. The lowest BCUT2D eigenvalue weighted by atomic mass is 9.99. The van der Waals surface area contributed by atoms with Crippen LogP contribution in [0.3, 0.4) is 0 Å². The third-order valence-corrected chi connectivity index (χ3v) is 3.80. The number of nitrogens with zero attached hydrogens (tertiary/aromatic N) is 2. The zero-order valence-corrected chi connectivity index (χ0v) is 13.2. The van der Waals surface area contributed by atoms with E-state index in [0.29, 0.717) is 0 Å². The molecule has 0 radical (unpaired) electrons. The van der Waals surface area contributed by atoms with E-state index in [4.69, 9.17) is 0 Å². The fourth-order valence-electron chi connectivity index (χ4n) is 2.50. The second kappa shape index (κ2) is 9.13. The van der Waals surface area contributed by atoms with E-state index in [-0.39, 0.29) is 0 Å². The van der Waals surface area contributed by atoms with Crippen LogP contribution in [0.4, 0.5) is 0 Å². The zero-order chi connectivity index (χ0) is 14.1. The zero-order valence-electron chi connectivity index (χ0n) is 13.2. The molecule has 0 bridgehead atoms. The number of hydrogen-bond acceptors (Lipinski definition) is 2. The minimum absolute atomic E-state index is 0.855. The third-order valence-electron chi connectivity index (χ3n) is 3.80. The van der Waals surface area contributed by atoms with Crippen LogP contribution < -0.4 is 5.32 Å². The molecule has 0 spiro atoms. The third kappa shape index (κ3) is 6.24. The van der Waals surface area contributed by atoms with Gasteiger partial charge in [-0.3, -0.25) is 4.68 Å². The lowest BCUT2D eigenvalue weighted by molar-refractivity contribution is 0.412. The summed E-state index contributed by atoms with van der Waals surface area (Å²) in [6.45, 7) is 12.1. The molecule has 0 saturated carbocycles. The number of nitrogens with one attached hydrogen (secondary N) is 1. The highest BCUT2D eigenvalue weighted by Crippen LogP contribution is 2.11. The van der Waals surface area contributed by atoms with E-state index in [1.165, 1.54) is 37.9 Å². The number of rotatable bonds is 10. The SMILES string of the molecule is CCCCC(CC)CNCCCn1nc(C)cc1C. The predicted molar refractivity (Wildman–Crippen MR) is 82.5 cm³/mol. The first kappa shape index (κ1) is 16.2. The van der Waals surface area contributed by atoms with Gasteiger partial charge in [-0.25, -0.2) is 0 Å². The molecule has 1 aromatic rings. The molecule has 1 atom stereocenters. The molecular formula is C16H31N3. The molecule has 1 N–H and O–H groups in total. The summed E-state index contributed by atoms with van der Waals surface area (Å²) in [6, 6.07) is 2.14. The maximum absolute atomic E-state index is 4.49. The molecule has 1 rings (SSSR count). The summed E-state index contributed by atoms with van der Waals surface area (Å²) in [7, 11) is 0. The lowest BCUT2D eigenvalue weighted by Gasteiger charge is -2.15. The van der Waals surface area contributed by atoms with Gasteiger partial charge in [0, 0.05) is 12.2 Å². The fourth-order valence-corrected chi connectivity index (χ4v) is 2.50. The lowest BCUT2D eigenvalue weighted by Crippen LogP contribution is -2.24. The summed E-state index contributed by atoms with van der Waals surface area (Å²) in [5.41, 5.74) is 2.39. The molecule has 0 aliphatic rings. The summed E-state index contributed by atoms with van der Waals surface area (Å²) < 4.78 is 2.12. The standard InChI is InChI=1S/C16H31N3/c1-5-7-9-16(6-2)13-17-10-8-11-19-15(4)12-14(3)18-19/h12,16-17H,5-11,13H2,1-4H3. The molecular weight excluding hydrogens is 234 g/mol. The minimum atomic E-state index is 0.855. The van der Waals surface area contributed by atoms with E-state index in [9.17, 15) is 0 Å². The number of unbranched alkanes of at least 4 members (excludes halogenated alkanes) is 1. The average Bonchev–Trinajstić information content (AvgIpc) is 2.71. The fraction of sp³-hybridized carbons (Fsp3) is 0.812. The van der Waals surface area contributed by atoms with Crippen LogP contribution in [0.2, 0.25) is 0 Å². The van der Waals surface area contributed by atoms with Crippen molar-refractivity contribution in [3.63, 3.8) is 0 Å². The largest absolute Gasteiger partial charge is 0.316 e. The van der Waals surface area contributed by atoms with E-state index < -0.39 is 0 Å².